The lowest BCUT2D eigenvalue weighted by molar-refractivity contribution is 0.186. The van der Waals surface area contributed by atoms with E-state index >= 15 is 0 Å². The number of hydrogen-bond acceptors (Lipinski definition) is 4. The molecule has 2 unspecified atom stereocenters. The van der Waals surface area contributed by atoms with Crippen molar-refractivity contribution in [2.45, 2.75) is 18.9 Å². The number of aliphatic imine (C=N–C) groups is 1. The number of ether oxygens (including phenoxy) is 2. The molecule has 1 aromatic carbocycles. The number of anilines is 1. The SMILES string of the molecule is CN=C(NCC1CCOC1)NC1CCN(c2cc(Cl)ccc2OC)C1. The van der Waals surface area contributed by atoms with Crippen molar-refractivity contribution >= 4 is 23.2 Å². The van der Waals surface area contributed by atoms with E-state index in [0.717, 1.165) is 68.1 Å². The maximum absolute atomic E-state index is 6.16. The largest absolute Gasteiger partial charge is 0.495 e. The van der Waals surface area contributed by atoms with Gasteiger partial charge in [0.15, 0.2) is 5.96 Å². The molecule has 0 aromatic heterocycles. The van der Waals surface area contributed by atoms with Crippen molar-refractivity contribution in [2.75, 3.05) is 51.9 Å². The maximum Gasteiger partial charge on any atom is 0.191 e. The standard InChI is InChI=1S/C18H27ClN4O2/c1-20-18(21-10-13-6-8-25-12-13)22-15-5-7-23(11-15)16-9-14(19)3-4-17(16)24-2/h3-4,9,13,15H,5-8,10-12H2,1-2H3,(H2,20,21,22). The number of nitrogens with zero attached hydrogens (tertiary/aromatic N) is 2. The number of nitrogens with one attached hydrogen (secondary N) is 2. The predicted molar refractivity (Wildman–Crippen MR) is 102 cm³/mol. The summed E-state index contributed by atoms with van der Waals surface area (Å²) >= 11 is 6.16. The van der Waals surface area contributed by atoms with Gasteiger partial charge in [0.2, 0.25) is 0 Å². The van der Waals surface area contributed by atoms with Crippen molar-refractivity contribution in [1.29, 1.82) is 0 Å². The van der Waals surface area contributed by atoms with Gasteiger partial charge in [0.05, 0.1) is 19.4 Å². The molecule has 0 amide bonds. The molecule has 1 aromatic rings. The van der Waals surface area contributed by atoms with Crippen LogP contribution in [0.15, 0.2) is 23.2 Å². The van der Waals surface area contributed by atoms with Crippen LogP contribution in [0.4, 0.5) is 5.69 Å². The zero-order chi connectivity index (χ0) is 17.6. The minimum Gasteiger partial charge on any atom is -0.495 e. The molecule has 2 aliphatic rings. The number of methoxy groups -OCH3 is 1. The molecular formula is C18H27ClN4O2. The summed E-state index contributed by atoms with van der Waals surface area (Å²) in [5, 5.41) is 7.67. The Bertz CT molecular complexity index is 605. The molecule has 0 bridgehead atoms. The highest BCUT2D eigenvalue weighted by molar-refractivity contribution is 6.30. The van der Waals surface area contributed by atoms with Gasteiger partial charge in [0.1, 0.15) is 5.75 Å². The van der Waals surface area contributed by atoms with Crippen molar-refractivity contribution < 1.29 is 9.47 Å². The molecule has 0 radical (unpaired) electrons. The molecule has 3 rings (SSSR count). The summed E-state index contributed by atoms with van der Waals surface area (Å²) in [6.07, 6.45) is 2.17. The molecule has 0 saturated carbocycles. The highest BCUT2D eigenvalue weighted by Gasteiger charge is 2.26. The molecule has 138 valence electrons. The van der Waals surface area contributed by atoms with Crippen molar-refractivity contribution in [3.8, 4) is 5.75 Å². The van der Waals surface area contributed by atoms with Gasteiger partial charge in [0, 0.05) is 50.3 Å². The van der Waals surface area contributed by atoms with Crippen LogP contribution in [-0.2, 0) is 4.74 Å². The van der Waals surface area contributed by atoms with Gasteiger partial charge in [-0.05, 0) is 31.0 Å². The van der Waals surface area contributed by atoms with E-state index in [-0.39, 0.29) is 0 Å². The third kappa shape index (κ3) is 4.70. The average Bonchev–Trinajstić information content (AvgIpc) is 3.30. The average molecular weight is 367 g/mol. The highest BCUT2D eigenvalue weighted by atomic mass is 35.5. The minimum atomic E-state index is 0.342. The van der Waals surface area contributed by atoms with Crippen LogP contribution in [0.2, 0.25) is 5.02 Å². The number of halogens is 1. The molecule has 2 N–H and O–H groups in total. The molecule has 2 atom stereocenters. The van der Waals surface area contributed by atoms with E-state index in [2.05, 4.69) is 20.5 Å². The van der Waals surface area contributed by atoms with Crippen LogP contribution in [0.1, 0.15) is 12.8 Å². The van der Waals surface area contributed by atoms with E-state index in [0.29, 0.717) is 12.0 Å². The Balaban J connectivity index is 1.54. The Hall–Kier alpha value is -1.66. The fourth-order valence-corrected chi connectivity index (χ4v) is 3.55. The van der Waals surface area contributed by atoms with Crippen molar-refractivity contribution in [3.63, 3.8) is 0 Å². The van der Waals surface area contributed by atoms with Crippen LogP contribution in [0.5, 0.6) is 5.75 Å². The van der Waals surface area contributed by atoms with E-state index < -0.39 is 0 Å². The van der Waals surface area contributed by atoms with Gasteiger partial charge in [-0.25, -0.2) is 0 Å². The summed E-state index contributed by atoms with van der Waals surface area (Å²) in [5.41, 5.74) is 1.05. The van der Waals surface area contributed by atoms with Gasteiger partial charge >= 0.3 is 0 Å². The minimum absolute atomic E-state index is 0.342. The molecule has 0 aliphatic carbocycles. The number of hydrogen-bond donors (Lipinski definition) is 2. The lowest BCUT2D eigenvalue weighted by Gasteiger charge is -2.22. The normalized spacial score (nSPS) is 23.8. The van der Waals surface area contributed by atoms with E-state index in [9.17, 15) is 0 Å². The first-order valence-corrected chi connectivity index (χ1v) is 9.21. The molecule has 2 heterocycles. The first-order chi connectivity index (χ1) is 12.2. The Labute approximate surface area is 154 Å². The zero-order valence-electron chi connectivity index (χ0n) is 14.9. The molecular weight excluding hydrogens is 340 g/mol. The first kappa shape index (κ1) is 18.1. The van der Waals surface area contributed by atoms with Crippen LogP contribution in [0, 0.1) is 5.92 Å². The summed E-state index contributed by atoms with van der Waals surface area (Å²) in [5.74, 6) is 2.29. The van der Waals surface area contributed by atoms with Gasteiger partial charge < -0.3 is 25.0 Å². The molecule has 6 nitrogen and oxygen atoms in total. The van der Waals surface area contributed by atoms with E-state index in [1.165, 1.54) is 0 Å². The second-order valence-corrected chi connectivity index (χ2v) is 7.01. The van der Waals surface area contributed by atoms with Crippen LogP contribution in [-0.4, -0.2) is 59.0 Å². The Morgan fingerprint density at radius 1 is 1.44 bits per heavy atom. The third-order valence-electron chi connectivity index (χ3n) is 4.82. The second-order valence-electron chi connectivity index (χ2n) is 6.57. The van der Waals surface area contributed by atoms with Crippen LogP contribution in [0.25, 0.3) is 0 Å². The van der Waals surface area contributed by atoms with Crippen molar-refractivity contribution in [2.24, 2.45) is 10.9 Å². The number of rotatable bonds is 5. The smallest absolute Gasteiger partial charge is 0.191 e. The lowest BCUT2D eigenvalue weighted by atomic mass is 10.1. The molecule has 2 fully saturated rings. The third-order valence-corrected chi connectivity index (χ3v) is 5.05. The topological polar surface area (TPSA) is 58.1 Å². The van der Waals surface area contributed by atoms with Crippen LogP contribution >= 0.6 is 11.6 Å². The number of benzene rings is 1. The van der Waals surface area contributed by atoms with Crippen LogP contribution < -0.4 is 20.3 Å². The lowest BCUT2D eigenvalue weighted by Crippen LogP contribution is -2.46. The Morgan fingerprint density at radius 3 is 3.04 bits per heavy atom. The van der Waals surface area contributed by atoms with E-state index in [1.54, 1.807) is 7.11 Å². The van der Waals surface area contributed by atoms with Crippen LogP contribution in [0.3, 0.4) is 0 Å². The Kier molecular flexibility index (Phi) is 6.26. The molecule has 25 heavy (non-hydrogen) atoms. The molecule has 2 saturated heterocycles. The summed E-state index contributed by atoms with van der Waals surface area (Å²) in [7, 11) is 3.50. The summed E-state index contributed by atoms with van der Waals surface area (Å²) in [6.45, 7) is 4.47. The predicted octanol–water partition coefficient (Wildman–Crippen LogP) is 2.13. The van der Waals surface area contributed by atoms with Gasteiger partial charge in [-0.1, -0.05) is 11.6 Å². The van der Waals surface area contributed by atoms with Gasteiger partial charge in [-0.2, -0.15) is 0 Å². The molecule has 7 heteroatoms. The van der Waals surface area contributed by atoms with Gasteiger partial charge in [-0.3, -0.25) is 4.99 Å². The summed E-state index contributed by atoms with van der Waals surface area (Å²) in [6, 6.07) is 6.09. The molecule has 2 aliphatic heterocycles. The van der Waals surface area contributed by atoms with Crippen molar-refractivity contribution in [1.82, 2.24) is 10.6 Å². The summed E-state index contributed by atoms with van der Waals surface area (Å²) in [4.78, 5) is 6.65. The number of guanidine groups is 1. The highest BCUT2D eigenvalue weighted by Crippen LogP contribution is 2.33. The Morgan fingerprint density at radius 2 is 2.32 bits per heavy atom. The van der Waals surface area contributed by atoms with Crippen molar-refractivity contribution in [3.05, 3.63) is 23.2 Å². The quantitative estimate of drug-likeness (QED) is 0.617. The van der Waals surface area contributed by atoms with E-state index in [4.69, 9.17) is 21.1 Å². The monoisotopic (exact) mass is 366 g/mol. The zero-order valence-corrected chi connectivity index (χ0v) is 15.7. The van der Waals surface area contributed by atoms with E-state index in [1.807, 2.05) is 25.2 Å². The first-order valence-electron chi connectivity index (χ1n) is 8.83. The van der Waals surface area contributed by atoms with Gasteiger partial charge in [-0.15, -0.1) is 0 Å². The maximum atomic E-state index is 6.16. The second kappa shape index (κ2) is 8.63. The molecule has 0 spiro atoms. The fraction of sp³-hybridized carbons (Fsp3) is 0.611. The van der Waals surface area contributed by atoms with Gasteiger partial charge in [0.25, 0.3) is 0 Å². The fourth-order valence-electron chi connectivity index (χ4n) is 3.38. The summed E-state index contributed by atoms with van der Waals surface area (Å²) < 4.78 is 10.9.